The molecule has 0 aliphatic carbocycles. The highest BCUT2D eigenvalue weighted by Crippen LogP contribution is 2.15. The Morgan fingerprint density at radius 3 is 2.56 bits per heavy atom. The summed E-state index contributed by atoms with van der Waals surface area (Å²) in [6, 6.07) is 0. The largest absolute Gasteiger partial charge is 0.442 e. The second-order valence-corrected chi connectivity index (χ2v) is 5.67. The first-order valence-electron chi connectivity index (χ1n) is 6.22. The summed E-state index contributed by atoms with van der Waals surface area (Å²) >= 11 is 0. The lowest BCUT2D eigenvalue weighted by Crippen LogP contribution is -2.43. The Balaban J connectivity index is 2.30. The van der Waals surface area contributed by atoms with Crippen LogP contribution in [0.15, 0.2) is 0 Å². The molecule has 0 aromatic rings. The van der Waals surface area contributed by atoms with Gasteiger partial charge in [0.15, 0.2) is 0 Å². The van der Waals surface area contributed by atoms with Crippen LogP contribution < -0.4 is 5.48 Å². The lowest BCUT2D eigenvalue weighted by atomic mass is 10.0. The highest BCUT2D eigenvalue weighted by Gasteiger charge is 2.23. The molecular weight excluding hydrogens is 236 g/mol. The predicted octanol–water partition coefficient (Wildman–Crippen LogP) is 2.29. The molecule has 1 atom stereocenters. The van der Waals surface area contributed by atoms with E-state index in [0.29, 0.717) is 19.0 Å². The highest BCUT2D eigenvalue weighted by molar-refractivity contribution is 5.72. The second-order valence-electron chi connectivity index (χ2n) is 5.67. The van der Waals surface area contributed by atoms with Crippen molar-refractivity contribution >= 4 is 12.2 Å². The summed E-state index contributed by atoms with van der Waals surface area (Å²) < 4.78 is 4.95. The maximum absolute atomic E-state index is 11.6. The fourth-order valence-electron chi connectivity index (χ4n) is 1.80. The molecule has 1 aliphatic heterocycles. The Bertz CT molecular complexity index is 312. The van der Waals surface area contributed by atoms with E-state index in [4.69, 9.17) is 9.57 Å². The van der Waals surface area contributed by atoms with Crippen molar-refractivity contribution < 1.29 is 19.2 Å². The van der Waals surface area contributed by atoms with Crippen molar-refractivity contribution in [3.8, 4) is 0 Å². The molecular formula is C12H22N2O4. The molecule has 1 heterocycles. The van der Waals surface area contributed by atoms with Crippen LogP contribution in [0.2, 0.25) is 0 Å². The standard InChI is InChI=1S/C12H22N2O4/c1-9-6-5-7-14(8-9)11(16)18-13-10(15)17-12(2,3)4/h9H,5-8H2,1-4H3,(H,13,15). The van der Waals surface area contributed by atoms with E-state index in [2.05, 4.69) is 6.92 Å². The molecule has 0 aromatic heterocycles. The van der Waals surface area contributed by atoms with E-state index in [-0.39, 0.29) is 0 Å². The van der Waals surface area contributed by atoms with E-state index in [1.165, 1.54) is 0 Å². The first-order valence-corrected chi connectivity index (χ1v) is 6.22. The minimum absolute atomic E-state index is 0.466. The van der Waals surface area contributed by atoms with Gasteiger partial charge in [-0.05, 0) is 39.5 Å². The van der Waals surface area contributed by atoms with Crippen molar-refractivity contribution in [2.24, 2.45) is 5.92 Å². The number of carbonyl (C=O) groups excluding carboxylic acids is 2. The molecule has 18 heavy (non-hydrogen) atoms. The number of nitrogens with one attached hydrogen (secondary N) is 1. The summed E-state index contributed by atoms with van der Waals surface area (Å²) in [6.45, 7) is 8.62. The third-order valence-corrected chi connectivity index (χ3v) is 2.54. The summed E-state index contributed by atoms with van der Waals surface area (Å²) in [4.78, 5) is 29.2. The fourth-order valence-corrected chi connectivity index (χ4v) is 1.80. The van der Waals surface area contributed by atoms with Crippen LogP contribution in [0, 0.1) is 5.92 Å². The molecule has 1 saturated heterocycles. The molecule has 0 saturated carbocycles. The molecule has 6 nitrogen and oxygen atoms in total. The normalized spacial score (nSPS) is 20.2. The van der Waals surface area contributed by atoms with Crippen LogP contribution in [0.4, 0.5) is 9.59 Å². The number of rotatable bonds is 0. The maximum Gasteiger partial charge on any atom is 0.441 e. The summed E-state index contributed by atoms with van der Waals surface area (Å²) in [6.07, 6.45) is 0.778. The summed E-state index contributed by atoms with van der Waals surface area (Å²) in [7, 11) is 0. The van der Waals surface area contributed by atoms with Crippen molar-refractivity contribution in [3.05, 3.63) is 0 Å². The van der Waals surface area contributed by atoms with Gasteiger partial charge in [-0.3, -0.25) is 0 Å². The fraction of sp³-hybridized carbons (Fsp3) is 0.833. The summed E-state index contributed by atoms with van der Waals surface area (Å²) in [5, 5.41) is 0. The van der Waals surface area contributed by atoms with Crippen LogP contribution in [0.3, 0.4) is 0 Å². The van der Waals surface area contributed by atoms with E-state index in [1.807, 2.05) is 5.48 Å². The van der Waals surface area contributed by atoms with Crippen LogP contribution in [0.1, 0.15) is 40.5 Å². The summed E-state index contributed by atoms with van der Waals surface area (Å²) in [5.41, 5.74) is 1.38. The Kier molecular flexibility index (Phi) is 4.81. The topological polar surface area (TPSA) is 67.9 Å². The maximum atomic E-state index is 11.6. The van der Waals surface area contributed by atoms with Crippen molar-refractivity contribution in [1.82, 2.24) is 10.4 Å². The lowest BCUT2D eigenvalue weighted by Gasteiger charge is -2.29. The van der Waals surface area contributed by atoms with Crippen molar-refractivity contribution in [3.63, 3.8) is 0 Å². The molecule has 2 amide bonds. The molecule has 1 fully saturated rings. The van der Waals surface area contributed by atoms with Crippen molar-refractivity contribution in [1.29, 1.82) is 0 Å². The van der Waals surface area contributed by atoms with E-state index in [9.17, 15) is 9.59 Å². The Morgan fingerprint density at radius 2 is 2.00 bits per heavy atom. The molecule has 0 radical (unpaired) electrons. The van der Waals surface area contributed by atoms with Crippen LogP contribution in [-0.2, 0) is 9.57 Å². The molecule has 1 rings (SSSR count). The highest BCUT2D eigenvalue weighted by atomic mass is 16.7. The van der Waals surface area contributed by atoms with Gasteiger partial charge in [-0.15, -0.1) is 5.48 Å². The van der Waals surface area contributed by atoms with Crippen molar-refractivity contribution in [2.75, 3.05) is 13.1 Å². The SMILES string of the molecule is CC1CCCN(C(=O)ONC(=O)OC(C)(C)C)C1. The number of nitrogens with zero attached hydrogens (tertiary/aromatic N) is 1. The Labute approximate surface area is 108 Å². The van der Waals surface area contributed by atoms with Gasteiger partial charge in [0.2, 0.25) is 0 Å². The zero-order valence-corrected chi connectivity index (χ0v) is 11.5. The first-order chi connectivity index (χ1) is 8.28. The van der Waals surface area contributed by atoms with E-state index < -0.39 is 17.8 Å². The van der Waals surface area contributed by atoms with Gasteiger partial charge in [-0.2, -0.15) is 0 Å². The minimum atomic E-state index is -0.763. The zero-order valence-electron chi connectivity index (χ0n) is 11.5. The zero-order chi connectivity index (χ0) is 13.8. The van der Waals surface area contributed by atoms with Crippen LogP contribution in [0.5, 0.6) is 0 Å². The van der Waals surface area contributed by atoms with Gasteiger partial charge in [0.25, 0.3) is 0 Å². The van der Waals surface area contributed by atoms with Crippen LogP contribution in [0.25, 0.3) is 0 Å². The summed E-state index contributed by atoms with van der Waals surface area (Å²) in [5.74, 6) is 0.466. The average Bonchev–Trinajstić information content (AvgIpc) is 2.23. The Morgan fingerprint density at radius 1 is 1.33 bits per heavy atom. The molecule has 1 unspecified atom stereocenters. The number of hydrogen-bond donors (Lipinski definition) is 1. The number of piperidine rings is 1. The third kappa shape index (κ3) is 5.25. The van der Waals surface area contributed by atoms with Gasteiger partial charge in [-0.25, -0.2) is 9.59 Å². The quantitative estimate of drug-likeness (QED) is 0.677. The number of carbonyl (C=O) groups is 2. The number of hydroxylamine groups is 1. The van der Waals surface area contributed by atoms with Gasteiger partial charge in [0.05, 0.1) is 0 Å². The first kappa shape index (κ1) is 14.6. The monoisotopic (exact) mass is 258 g/mol. The molecule has 1 aliphatic rings. The van der Waals surface area contributed by atoms with Gasteiger partial charge in [0.1, 0.15) is 5.60 Å². The van der Waals surface area contributed by atoms with Gasteiger partial charge in [-0.1, -0.05) is 6.92 Å². The van der Waals surface area contributed by atoms with Gasteiger partial charge >= 0.3 is 12.2 Å². The van der Waals surface area contributed by atoms with E-state index >= 15 is 0 Å². The molecule has 0 aromatic carbocycles. The number of amides is 2. The van der Waals surface area contributed by atoms with Crippen LogP contribution in [-0.4, -0.2) is 35.8 Å². The second kappa shape index (κ2) is 5.93. The lowest BCUT2D eigenvalue weighted by molar-refractivity contribution is 0.00300. The van der Waals surface area contributed by atoms with E-state index in [1.54, 1.807) is 25.7 Å². The predicted molar refractivity (Wildman–Crippen MR) is 65.8 cm³/mol. The van der Waals surface area contributed by atoms with Crippen molar-refractivity contribution in [2.45, 2.75) is 46.1 Å². The molecule has 0 spiro atoms. The van der Waals surface area contributed by atoms with E-state index in [0.717, 1.165) is 12.8 Å². The smallest absolute Gasteiger partial charge is 0.441 e. The number of likely N-dealkylation sites (tertiary alicyclic amines) is 1. The van der Waals surface area contributed by atoms with Gasteiger partial charge in [0, 0.05) is 13.1 Å². The number of hydrogen-bond acceptors (Lipinski definition) is 4. The van der Waals surface area contributed by atoms with Gasteiger partial charge < -0.3 is 14.5 Å². The number of ether oxygens (including phenoxy) is 1. The third-order valence-electron chi connectivity index (χ3n) is 2.54. The average molecular weight is 258 g/mol. The van der Waals surface area contributed by atoms with Crippen LogP contribution >= 0.6 is 0 Å². The molecule has 1 N–H and O–H groups in total. The molecule has 104 valence electrons. The molecule has 0 bridgehead atoms. The minimum Gasteiger partial charge on any atom is -0.442 e. The molecule has 6 heteroatoms. The Hall–Kier alpha value is -1.46.